The molecule has 2 heterocycles. The smallest absolute Gasteiger partial charge is 0.361 e. The molecule has 6 nitrogen and oxygen atoms in total. The van der Waals surface area contributed by atoms with Gasteiger partial charge in [-0.1, -0.05) is 49.1 Å². The predicted octanol–water partition coefficient (Wildman–Crippen LogP) is 4.87. The van der Waals surface area contributed by atoms with E-state index < -0.39 is 11.7 Å². The van der Waals surface area contributed by atoms with Gasteiger partial charge in [0.15, 0.2) is 5.65 Å². The number of carbonyl (C=O) groups is 1. The Labute approximate surface area is 183 Å². The average Bonchev–Trinajstić information content (AvgIpc) is 3.09. The fraction of sp³-hybridized carbons (Fsp3) is 0.261. The van der Waals surface area contributed by atoms with Gasteiger partial charge in [0.25, 0.3) is 0 Å². The lowest BCUT2D eigenvalue weighted by Crippen LogP contribution is -2.32. The lowest BCUT2D eigenvalue weighted by molar-refractivity contribution is -0.136. The summed E-state index contributed by atoms with van der Waals surface area (Å²) in [5.41, 5.74) is 0.715. The number of allylic oxidation sites excluding steroid dienone is 3. The Morgan fingerprint density at radius 1 is 1.28 bits per heavy atom. The second-order valence-electron chi connectivity index (χ2n) is 7.23. The van der Waals surface area contributed by atoms with Gasteiger partial charge in [0.2, 0.25) is 5.91 Å². The van der Waals surface area contributed by atoms with Crippen LogP contribution >= 0.6 is 0 Å². The predicted molar refractivity (Wildman–Crippen MR) is 119 cm³/mol. The van der Waals surface area contributed by atoms with Crippen molar-refractivity contribution < 1.29 is 18.0 Å². The molecule has 2 N–H and O–H groups in total. The summed E-state index contributed by atoms with van der Waals surface area (Å²) in [4.78, 5) is 16.6. The Kier molecular flexibility index (Phi) is 6.67. The summed E-state index contributed by atoms with van der Waals surface area (Å²) >= 11 is 0. The van der Waals surface area contributed by atoms with Crippen molar-refractivity contribution in [2.24, 2.45) is 7.05 Å². The Bertz CT molecular complexity index is 1170. The summed E-state index contributed by atoms with van der Waals surface area (Å²) in [7, 11) is 1.52. The van der Waals surface area contributed by atoms with Gasteiger partial charge in [-0.2, -0.15) is 18.3 Å². The van der Waals surface area contributed by atoms with Crippen LogP contribution in [0.25, 0.3) is 16.6 Å². The molecule has 3 rings (SSSR count). The number of amides is 1. The second kappa shape index (κ2) is 9.25. The molecule has 0 aliphatic heterocycles. The first-order valence-electron chi connectivity index (χ1n) is 9.98. The van der Waals surface area contributed by atoms with Gasteiger partial charge < -0.3 is 10.6 Å². The van der Waals surface area contributed by atoms with Crippen LogP contribution in [0.15, 0.2) is 55.1 Å². The summed E-state index contributed by atoms with van der Waals surface area (Å²) < 4.78 is 43.0. The Balaban J connectivity index is 1.89. The van der Waals surface area contributed by atoms with Crippen LogP contribution < -0.4 is 10.6 Å². The van der Waals surface area contributed by atoms with Crippen molar-refractivity contribution in [1.29, 1.82) is 0 Å². The third-order valence-electron chi connectivity index (χ3n) is 5.01. The second-order valence-corrected chi connectivity index (χ2v) is 7.23. The molecule has 0 aliphatic carbocycles. The maximum absolute atomic E-state index is 13.9. The number of fused-ring (bicyclic) bond motifs is 1. The van der Waals surface area contributed by atoms with Crippen molar-refractivity contribution in [3.8, 4) is 0 Å². The molecular weight excluding hydrogens is 419 g/mol. The lowest BCUT2D eigenvalue weighted by Gasteiger charge is -2.15. The van der Waals surface area contributed by atoms with E-state index in [1.54, 1.807) is 13.0 Å². The number of pyridine rings is 1. The highest BCUT2D eigenvalue weighted by Crippen LogP contribution is 2.39. The first kappa shape index (κ1) is 23.1. The molecule has 2 aromatic heterocycles. The van der Waals surface area contributed by atoms with Gasteiger partial charge in [-0.3, -0.25) is 4.79 Å². The van der Waals surface area contributed by atoms with Gasteiger partial charge in [0.1, 0.15) is 11.5 Å². The zero-order valence-electron chi connectivity index (χ0n) is 18.0. The molecule has 0 bridgehead atoms. The molecule has 1 aromatic carbocycles. The third kappa shape index (κ3) is 4.82. The summed E-state index contributed by atoms with van der Waals surface area (Å²) in [5.74, 6) is -0.437. The number of aromatic nitrogens is 3. The summed E-state index contributed by atoms with van der Waals surface area (Å²) in [5, 5.41) is 9.62. The van der Waals surface area contributed by atoms with E-state index in [0.29, 0.717) is 5.57 Å². The topological polar surface area (TPSA) is 71.8 Å². The van der Waals surface area contributed by atoms with E-state index in [9.17, 15) is 18.0 Å². The van der Waals surface area contributed by atoms with Crippen molar-refractivity contribution in [2.75, 3.05) is 11.9 Å². The number of nitrogens with zero attached hydrogens (tertiary/aromatic N) is 3. The SMILES string of the molecule is C=C/C(=C\C)c1nn(C)c2nc(NCC(=O)N[C@@H](C)c3ccccc3)cc(C(F)(F)F)c12. The highest BCUT2D eigenvalue weighted by molar-refractivity contribution is 5.95. The minimum atomic E-state index is -4.64. The quantitative estimate of drug-likeness (QED) is 0.512. The molecule has 0 unspecified atom stereocenters. The van der Waals surface area contributed by atoms with Gasteiger partial charge in [0.05, 0.1) is 23.5 Å². The molecule has 168 valence electrons. The highest BCUT2D eigenvalue weighted by Gasteiger charge is 2.36. The molecule has 1 amide bonds. The Morgan fingerprint density at radius 2 is 1.97 bits per heavy atom. The molecule has 0 aliphatic rings. The van der Waals surface area contributed by atoms with Gasteiger partial charge in [-0.25, -0.2) is 9.67 Å². The van der Waals surface area contributed by atoms with Crippen LogP contribution in [0.5, 0.6) is 0 Å². The van der Waals surface area contributed by atoms with Crippen molar-refractivity contribution in [1.82, 2.24) is 20.1 Å². The number of nitrogens with one attached hydrogen (secondary N) is 2. The zero-order chi connectivity index (χ0) is 23.5. The normalized spacial score (nSPS) is 13.1. The van der Waals surface area contributed by atoms with E-state index >= 15 is 0 Å². The van der Waals surface area contributed by atoms with Gasteiger partial charge in [-0.05, 0) is 31.1 Å². The van der Waals surface area contributed by atoms with Gasteiger partial charge in [0, 0.05) is 7.05 Å². The van der Waals surface area contributed by atoms with Crippen LogP contribution in [0, 0.1) is 0 Å². The van der Waals surface area contributed by atoms with Crippen LogP contribution in [0.4, 0.5) is 19.0 Å². The zero-order valence-corrected chi connectivity index (χ0v) is 18.0. The maximum Gasteiger partial charge on any atom is 0.417 e. The van der Waals surface area contributed by atoms with E-state index in [1.807, 2.05) is 37.3 Å². The minimum Gasteiger partial charge on any atom is -0.361 e. The molecule has 0 saturated heterocycles. The standard InChI is InChI=1S/C23H24F3N5O/c1-5-15(6-2)21-20-17(23(24,25)26)12-18(29-22(20)31(4)30-21)27-13-19(32)28-14(3)16-10-8-7-9-11-16/h5-12,14H,1,13H2,2-4H3,(H,27,29)(H,28,32)/b15-6+/t14-/m0/s1. The average molecular weight is 443 g/mol. The first-order chi connectivity index (χ1) is 15.2. The number of anilines is 1. The fourth-order valence-electron chi connectivity index (χ4n) is 3.40. The summed E-state index contributed by atoms with van der Waals surface area (Å²) in [6.07, 6.45) is -1.55. The number of alkyl halides is 3. The van der Waals surface area contributed by atoms with E-state index in [2.05, 4.69) is 27.3 Å². The van der Waals surface area contributed by atoms with E-state index in [-0.39, 0.29) is 41.0 Å². The van der Waals surface area contributed by atoms with Crippen LogP contribution in [-0.2, 0) is 18.0 Å². The maximum atomic E-state index is 13.9. The number of hydrogen-bond donors (Lipinski definition) is 2. The Hall–Kier alpha value is -3.62. The van der Waals surface area contributed by atoms with Crippen LogP contribution in [0.1, 0.15) is 36.7 Å². The highest BCUT2D eigenvalue weighted by atomic mass is 19.4. The molecule has 3 aromatic rings. The monoisotopic (exact) mass is 443 g/mol. The number of carbonyl (C=O) groups excluding carboxylic acids is 1. The molecule has 0 spiro atoms. The molecule has 0 radical (unpaired) electrons. The third-order valence-corrected chi connectivity index (χ3v) is 5.01. The largest absolute Gasteiger partial charge is 0.417 e. The van der Waals surface area contributed by atoms with Gasteiger partial charge >= 0.3 is 6.18 Å². The number of benzene rings is 1. The van der Waals surface area contributed by atoms with Gasteiger partial charge in [-0.15, -0.1) is 0 Å². The van der Waals surface area contributed by atoms with E-state index in [4.69, 9.17) is 0 Å². The van der Waals surface area contributed by atoms with Crippen LogP contribution in [-0.4, -0.2) is 27.2 Å². The van der Waals surface area contributed by atoms with Crippen molar-refractivity contribution in [2.45, 2.75) is 26.1 Å². The van der Waals surface area contributed by atoms with Crippen molar-refractivity contribution >= 4 is 28.3 Å². The fourth-order valence-corrected chi connectivity index (χ4v) is 3.40. The van der Waals surface area contributed by atoms with Crippen molar-refractivity contribution in [3.63, 3.8) is 0 Å². The number of halogens is 3. The summed E-state index contributed by atoms with van der Waals surface area (Å²) in [6.45, 7) is 6.95. The molecular formula is C23H24F3N5O. The number of hydrogen-bond acceptors (Lipinski definition) is 4. The van der Waals surface area contributed by atoms with Crippen molar-refractivity contribution in [3.05, 3.63) is 72.0 Å². The minimum absolute atomic E-state index is 0.0524. The van der Waals surface area contributed by atoms with E-state index in [0.717, 1.165) is 11.6 Å². The Morgan fingerprint density at radius 3 is 2.56 bits per heavy atom. The molecule has 0 saturated carbocycles. The van der Waals surface area contributed by atoms with Crippen LogP contribution in [0.2, 0.25) is 0 Å². The molecule has 1 atom stereocenters. The lowest BCUT2D eigenvalue weighted by atomic mass is 10.0. The van der Waals surface area contributed by atoms with E-state index in [1.165, 1.54) is 17.8 Å². The molecule has 9 heteroatoms. The number of rotatable bonds is 7. The summed E-state index contributed by atoms with van der Waals surface area (Å²) in [6, 6.07) is 10.0. The van der Waals surface area contributed by atoms with Crippen LogP contribution in [0.3, 0.4) is 0 Å². The first-order valence-corrected chi connectivity index (χ1v) is 9.98. The number of aryl methyl sites for hydroxylation is 1. The molecule has 32 heavy (non-hydrogen) atoms. The molecule has 0 fully saturated rings.